The molecule has 1 aromatic heterocycles. The Bertz CT molecular complexity index is 203. The van der Waals surface area contributed by atoms with Crippen molar-refractivity contribution >= 4 is 23.6 Å². The molecule has 8 heavy (non-hydrogen) atoms. The summed E-state index contributed by atoms with van der Waals surface area (Å²) in [5, 5.41) is 7.45. The number of hydrogen-bond acceptors (Lipinski definition) is 3. The van der Waals surface area contributed by atoms with Gasteiger partial charge in [-0.15, -0.1) is 0 Å². The van der Waals surface area contributed by atoms with E-state index in [-0.39, 0.29) is 22.4 Å². The average molecular weight is 240 g/mol. The molecule has 0 unspecified atom stereocenters. The first-order valence-electron chi connectivity index (χ1n) is 1.81. The van der Waals surface area contributed by atoms with E-state index >= 15 is 0 Å². The van der Waals surface area contributed by atoms with Crippen LogP contribution in [0.25, 0.3) is 0 Å². The van der Waals surface area contributed by atoms with Gasteiger partial charge in [0.1, 0.15) is 5.01 Å². The van der Waals surface area contributed by atoms with Crippen LogP contribution < -0.4 is 0 Å². The monoisotopic (exact) mass is 239 g/mol. The summed E-state index contributed by atoms with van der Waals surface area (Å²) in [7, 11) is 0. The van der Waals surface area contributed by atoms with Gasteiger partial charge in [0, 0.05) is 0 Å². The molecule has 0 saturated carbocycles. The summed E-state index contributed by atoms with van der Waals surface area (Å²) in [5.41, 5.74) is 0. The minimum absolute atomic E-state index is 0. The Balaban J connectivity index is 0.000000490. The molecule has 0 saturated heterocycles. The van der Waals surface area contributed by atoms with Gasteiger partial charge in [0.2, 0.25) is 0 Å². The summed E-state index contributed by atoms with van der Waals surface area (Å²) >= 11 is 6.22. The van der Waals surface area contributed by atoms with E-state index in [1.165, 1.54) is 11.3 Å². The van der Waals surface area contributed by atoms with Crippen molar-refractivity contribution in [3.63, 3.8) is 0 Å². The second kappa shape index (κ2) is 3.53. The minimum atomic E-state index is 0. The molecule has 0 aromatic carbocycles. The van der Waals surface area contributed by atoms with Crippen LogP contribution in [0.1, 0.15) is 5.01 Å². The van der Waals surface area contributed by atoms with E-state index in [4.69, 9.17) is 12.2 Å². The Morgan fingerprint density at radius 1 is 1.75 bits per heavy atom. The van der Waals surface area contributed by atoms with Gasteiger partial charge in [-0.2, -0.15) is 5.10 Å². The zero-order valence-corrected chi connectivity index (χ0v) is 7.18. The number of nitrogens with zero attached hydrogens (tertiary/aromatic N) is 1. The van der Waals surface area contributed by atoms with E-state index in [1.807, 2.05) is 6.92 Å². The normalized spacial score (nSPS) is 8.12. The molecule has 0 spiro atoms. The molecule has 0 aliphatic carbocycles. The molecule has 0 amide bonds. The number of aryl methyl sites for hydroxylation is 1. The number of aromatic amines is 1. The van der Waals surface area contributed by atoms with Gasteiger partial charge in [0.25, 0.3) is 0 Å². The van der Waals surface area contributed by atoms with Crippen molar-refractivity contribution in [2.75, 3.05) is 0 Å². The van der Waals surface area contributed by atoms with Crippen molar-refractivity contribution in [1.29, 1.82) is 0 Å². The summed E-state index contributed by atoms with van der Waals surface area (Å²) in [6.45, 7) is 1.91. The fourth-order valence-corrected chi connectivity index (χ4v) is 1.16. The Morgan fingerprint density at radius 3 is 2.50 bits per heavy atom. The number of nitrogens with one attached hydrogen (secondary N) is 1. The first-order chi connectivity index (χ1) is 3.29. The zero-order valence-electron chi connectivity index (χ0n) is 4.07. The van der Waals surface area contributed by atoms with Gasteiger partial charge in [-0.25, -0.2) is 0 Å². The van der Waals surface area contributed by atoms with Crippen LogP contribution in [-0.2, 0) is 22.4 Å². The van der Waals surface area contributed by atoms with Crippen LogP contribution in [0, 0.1) is 10.9 Å². The summed E-state index contributed by atoms with van der Waals surface area (Å²) in [5.74, 6) is 0. The van der Waals surface area contributed by atoms with Crippen molar-refractivity contribution in [2.45, 2.75) is 6.92 Å². The SMILES string of the molecule is Cc1n[nH]c(=S)s1.[Ag+]. The van der Waals surface area contributed by atoms with Gasteiger partial charge >= 0.3 is 22.4 Å². The van der Waals surface area contributed by atoms with Crippen molar-refractivity contribution in [3.05, 3.63) is 8.96 Å². The third-order valence-electron chi connectivity index (χ3n) is 0.545. The van der Waals surface area contributed by atoms with Crippen molar-refractivity contribution in [1.82, 2.24) is 10.2 Å². The van der Waals surface area contributed by atoms with Crippen LogP contribution in [-0.4, -0.2) is 10.2 Å². The molecule has 1 aromatic rings. The van der Waals surface area contributed by atoms with Crippen LogP contribution in [0.4, 0.5) is 0 Å². The van der Waals surface area contributed by atoms with E-state index in [1.54, 1.807) is 0 Å². The molecule has 5 heteroatoms. The summed E-state index contributed by atoms with van der Waals surface area (Å²) in [6.07, 6.45) is 0. The molecule has 1 rings (SSSR count). The van der Waals surface area contributed by atoms with Crippen molar-refractivity contribution in [2.24, 2.45) is 0 Å². The largest absolute Gasteiger partial charge is 1.00 e. The predicted molar refractivity (Wildman–Crippen MR) is 32.0 cm³/mol. The second-order valence-corrected chi connectivity index (χ2v) is 3.00. The maximum atomic E-state index is 4.73. The van der Waals surface area contributed by atoms with Crippen LogP contribution in [0.3, 0.4) is 0 Å². The number of hydrogen-bond donors (Lipinski definition) is 1. The van der Waals surface area contributed by atoms with E-state index in [2.05, 4.69) is 10.2 Å². The minimum Gasteiger partial charge on any atom is -0.258 e. The van der Waals surface area contributed by atoms with Crippen LogP contribution in [0.2, 0.25) is 0 Å². The fraction of sp³-hybridized carbons (Fsp3) is 0.333. The molecule has 48 valence electrons. The number of rotatable bonds is 0. The van der Waals surface area contributed by atoms with Gasteiger partial charge in [-0.05, 0) is 19.1 Å². The van der Waals surface area contributed by atoms with Crippen molar-refractivity contribution < 1.29 is 22.4 Å². The van der Waals surface area contributed by atoms with Gasteiger partial charge in [0.15, 0.2) is 3.95 Å². The standard InChI is InChI=1S/C3H4N2S2.Ag/c1-2-4-5-3(6)7-2;/h1H3,(H,5,6);/q;+1. The van der Waals surface area contributed by atoms with Gasteiger partial charge in [-0.3, -0.25) is 5.10 Å². The van der Waals surface area contributed by atoms with Crippen LogP contribution >= 0.6 is 23.6 Å². The molecule has 0 radical (unpaired) electrons. The van der Waals surface area contributed by atoms with Gasteiger partial charge in [0.05, 0.1) is 0 Å². The molecular formula is C3H4AgN2S2+. The molecule has 0 aliphatic heterocycles. The Morgan fingerprint density at radius 2 is 2.38 bits per heavy atom. The van der Waals surface area contributed by atoms with Crippen LogP contribution in [0.15, 0.2) is 0 Å². The summed E-state index contributed by atoms with van der Waals surface area (Å²) in [4.78, 5) is 0. The smallest absolute Gasteiger partial charge is 0.258 e. The van der Waals surface area contributed by atoms with Crippen LogP contribution in [0.5, 0.6) is 0 Å². The Labute approximate surface area is 71.8 Å². The summed E-state index contributed by atoms with van der Waals surface area (Å²) in [6, 6.07) is 0. The Kier molecular flexibility index (Phi) is 3.76. The fourth-order valence-electron chi connectivity index (χ4n) is 0.304. The molecule has 2 nitrogen and oxygen atoms in total. The van der Waals surface area contributed by atoms with E-state index in [0.29, 0.717) is 0 Å². The molecule has 0 bridgehead atoms. The van der Waals surface area contributed by atoms with Crippen molar-refractivity contribution in [3.8, 4) is 0 Å². The second-order valence-electron chi connectivity index (χ2n) is 1.13. The topological polar surface area (TPSA) is 28.7 Å². The molecule has 0 fully saturated rings. The van der Waals surface area contributed by atoms with Gasteiger partial charge < -0.3 is 0 Å². The first-order valence-corrected chi connectivity index (χ1v) is 3.03. The third kappa shape index (κ3) is 2.19. The number of aromatic nitrogens is 2. The first kappa shape index (κ1) is 8.52. The predicted octanol–water partition coefficient (Wildman–Crippen LogP) is 1.51. The molecule has 0 atom stereocenters. The number of H-pyrrole nitrogens is 1. The average Bonchev–Trinajstić information content (AvgIpc) is 1.87. The summed E-state index contributed by atoms with van der Waals surface area (Å²) < 4.78 is 0.748. The maximum Gasteiger partial charge on any atom is 1.00 e. The van der Waals surface area contributed by atoms with E-state index in [0.717, 1.165) is 8.96 Å². The maximum absolute atomic E-state index is 4.73. The quantitative estimate of drug-likeness (QED) is 0.550. The molecule has 1 heterocycles. The van der Waals surface area contributed by atoms with E-state index < -0.39 is 0 Å². The third-order valence-corrected chi connectivity index (χ3v) is 1.55. The molecule has 0 aliphatic rings. The van der Waals surface area contributed by atoms with E-state index in [9.17, 15) is 0 Å². The molecular weight excluding hydrogens is 236 g/mol. The Hall–Kier alpha value is 0.520. The molecule has 1 N–H and O–H groups in total. The van der Waals surface area contributed by atoms with Gasteiger partial charge in [-0.1, -0.05) is 11.3 Å². The zero-order chi connectivity index (χ0) is 5.28.